The monoisotopic (exact) mass is 496 g/mol. The van der Waals surface area contributed by atoms with Crippen LogP contribution < -0.4 is 14.8 Å². The number of ether oxygens (including phenoxy) is 2. The van der Waals surface area contributed by atoms with Crippen molar-refractivity contribution < 1.29 is 28.2 Å². The van der Waals surface area contributed by atoms with Gasteiger partial charge in [0.2, 0.25) is 0 Å². The fraction of sp³-hybridized carbons (Fsp3) is 0.357. The van der Waals surface area contributed by atoms with Gasteiger partial charge in [0.15, 0.2) is 17.3 Å². The second-order valence-electron chi connectivity index (χ2n) is 9.13. The van der Waals surface area contributed by atoms with Gasteiger partial charge < -0.3 is 19.9 Å². The summed E-state index contributed by atoms with van der Waals surface area (Å²) in [7, 11) is 1.45. The highest BCUT2D eigenvalue weighted by atomic mass is 19.1. The van der Waals surface area contributed by atoms with Crippen molar-refractivity contribution in [1.29, 1.82) is 0 Å². The van der Waals surface area contributed by atoms with Crippen molar-refractivity contribution in [3.05, 3.63) is 70.7 Å². The molecule has 0 saturated heterocycles. The van der Waals surface area contributed by atoms with Crippen LogP contribution in [0.25, 0.3) is 11.3 Å². The molecule has 3 aromatic rings. The first-order valence-corrected chi connectivity index (χ1v) is 11.9. The van der Waals surface area contributed by atoms with Crippen LogP contribution in [0.4, 0.5) is 14.5 Å². The third-order valence-electron chi connectivity index (χ3n) is 6.44. The van der Waals surface area contributed by atoms with Crippen LogP contribution in [0, 0.1) is 12.7 Å². The Morgan fingerprint density at radius 1 is 1.19 bits per heavy atom. The van der Waals surface area contributed by atoms with E-state index in [0.717, 1.165) is 29.8 Å². The van der Waals surface area contributed by atoms with E-state index in [1.165, 1.54) is 13.2 Å². The van der Waals surface area contributed by atoms with Crippen molar-refractivity contribution in [3.8, 4) is 22.8 Å². The Kier molecular flexibility index (Phi) is 7.54. The van der Waals surface area contributed by atoms with Gasteiger partial charge in [-0.15, -0.1) is 0 Å². The number of pyridine rings is 1. The number of carbonyl (C=O) groups is 1. The number of fused-ring (bicyclic) bond motifs is 1. The van der Waals surface area contributed by atoms with E-state index >= 15 is 0 Å². The van der Waals surface area contributed by atoms with Crippen LogP contribution >= 0.6 is 0 Å². The summed E-state index contributed by atoms with van der Waals surface area (Å²) in [6, 6.07) is 11.4. The molecule has 36 heavy (non-hydrogen) atoms. The number of nitrogens with zero attached hydrogens (tertiary/aromatic N) is 1. The second-order valence-corrected chi connectivity index (χ2v) is 9.13. The number of ketones is 1. The largest absolute Gasteiger partial charge is 0.493 e. The zero-order valence-corrected chi connectivity index (χ0v) is 20.7. The fourth-order valence-corrected chi connectivity index (χ4v) is 4.33. The third-order valence-corrected chi connectivity index (χ3v) is 6.44. The van der Waals surface area contributed by atoms with E-state index in [1.807, 2.05) is 6.07 Å². The Hall–Kier alpha value is -3.52. The number of benzene rings is 2. The highest BCUT2D eigenvalue weighted by Crippen LogP contribution is 2.38. The van der Waals surface area contributed by atoms with E-state index < -0.39 is 12.3 Å². The SMILES string of the molecule is COc1cc(C(=O)CCC(C)(O)c2cc3c(c(-c4ccc(F)c(C)c4)n2)NCC3)ccc1OCCF. The average molecular weight is 497 g/mol. The normalized spacial score (nSPS) is 14.1. The number of anilines is 1. The zero-order valence-electron chi connectivity index (χ0n) is 20.7. The molecular weight excluding hydrogens is 466 g/mol. The first kappa shape index (κ1) is 25.6. The molecule has 6 nitrogen and oxygen atoms in total. The van der Waals surface area contributed by atoms with Gasteiger partial charge in [0.05, 0.1) is 24.2 Å². The summed E-state index contributed by atoms with van der Waals surface area (Å²) in [4.78, 5) is 17.7. The minimum atomic E-state index is -1.37. The number of methoxy groups -OCH3 is 1. The van der Waals surface area contributed by atoms with E-state index in [0.29, 0.717) is 34.0 Å². The Labute approximate surface area is 209 Å². The van der Waals surface area contributed by atoms with Gasteiger partial charge in [0.1, 0.15) is 24.7 Å². The second kappa shape index (κ2) is 10.6. The lowest BCUT2D eigenvalue weighted by Crippen LogP contribution is -2.24. The highest BCUT2D eigenvalue weighted by molar-refractivity contribution is 5.96. The maximum absolute atomic E-state index is 13.9. The summed E-state index contributed by atoms with van der Waals surface area (Å²) < 4.78 is 36.9. The number of halogens is 2. The van der Waals surface area contributed by atoms with Gasteiger partial charge in [0, 0.05) is 24.1 Å². The van der Waals surface area contributed by atoms with Crippen molar-refractivity contribution in [3.63, 3.8) is 0 Å². The number of Topliss-reactive ketones (excluding diaryl/α,β-unsaturated/α-hetero) is 1. The summed E-state index contributed by atoms with van der Waals surface area (Å²) in [6.07, 6.45) is 1.00. The maximum atomic E-state index is 13.9. The number of hydrogen-bond acceptors (Lipinski definition) is 6. The molecule has 1 unspecified atom stereocenters. The van der Waals surface area contributed by atoms with Crippen molar-refractivity contribution >= 4 is 11.5 Å². The summed E-state index contributed by atoms with van der Waals surface area (Å²) in [5.74, 6) is 0.234. The van der Waals surface area contributed by atoms with E-state index in [2.05, 4.69) is 5.32 Å². The molecule has 1 aliphatic rings. The number of carbonyl (C=O) groups excluding carboxylic acids is 1. The average Bonchev–Trinajstić information content (AvgIpc) is 3.36. The van der Waals surface area contributed by atoms with Gasteiger partial charge in [-0.1, -0.05) is 0 Å². The number of aromatic nitrogens is 1. The zero-order chi connectivity index (χ0) is 25.9. The molecule has 0 spiro atoms. The first-order valence-electron chi connectivity index (χ1n) is 11.9. The molecule has 1 aromatic heterocycles. The molecule has 0 bridgehead atoms. The first-order chi connectivity index (χ1) is 17.2. The van der Waals surface area contributed by atoms with Gasteiger partial charge >= 0.3 is 0 Å². The molecule has 0 fully saturated rings. The van der Waals surface area contributed by atoms with E-state index in [-0.39, 0.29) is 31.0 Å². The van der Waals surface area contributed by atoms with Crippen molar-refractivity contribution in [1.82, 2.24) is 4.98 Å². The lowest BCUT2D eigenvalue weighted by molar-refractivity contribution is 0.0397. The van der Waals surface area contributed by atoms with Crippen molar-refractivity contribution in [2.75, 3.05) is 32.3 Å². The van der Waals surface area contributed by atoms with Crippen LogP contribution in [0.1, 0.15) is 46.9 Å². The Bertz CT molecular complexity index is 1280. The molecule has 0 aliphatic carbocycles. The maximum Gasteiger partial charge on any atom is 0.163 e. The van der Waals surface area contributed by atoms with Gasteiger partial charge in [-0.3, -0.25) is 4.79 Å². The van der Waals surface area contributed by atoms with Crippen molar-refractivity contribution in [2.45, 2.75) is 38.7 Å². The summed E-state index contributed by atoms with van der Waals surface area (Å²) in [5.41, 5.74) is 3.34. The molecule has 1 atom stereocenters. The predicted molar refractivity (Wildman–Crippen MR) is 134 cm³/mol. The van der Waals surface area contributed by atoms with Gasteiger partial charge in [0.25, 0.3) is 0 Å². The third kappa shape index (κ3) is 5.33. The topological polar surface area (TPSA) is 80.7 Å². The molecular formula is C28H30F2N2O4. The molecule has 2 aromatic carbocycles. The molecule has 4 rings (SSSR count). The molecule has 2 N–H and O–H groups in total. The molecule has 8 heteroatoms. The molecule has 1 aliphatic heterocycles. The molecule has 0 saturated carbocycles. The molecule has 0 radical (unpaired) electrons. The lowest BCUT2D eigenvalue weighted by Gasteiger charge is -2.24. The summed E-state index contributed by atoms with van der Waals surface area (Å²) in [5, 5.41) is 14.7. The van der Waals surface area contributed by atoms with Crippen LogP contribution in [0.15, 0.2) is 42.5 Å². The van der Waals surface area contributed by atoms with Crippen LogP contribution in [0.2, 0.25) is 0 Å². The molecule has 190 valence electrons. The lowest BCUT2D eigenvalue weighted by atomic mass is 9.91. The number of alkyl halides is 1. The Morgan fingerprint density at radius 2 is 2.00 bits per heavy atom. The van der Waals surface area contributed by atoms with E-state index in [9.17, 15) is 18.7 Å². The number of aliphatic hydroxyl groups is 1. The van der Waals surface area contributed by atoms with Gasteiger partial charge in [-0.2, -0.15) is 0 Å². The van der Waals surface area contributed by atoms with Crippen LogP contribution in [-0.4, -0.2) is 42.8 Å². The highest BCUT2D eigenvalue weighted by Gasteiger charge is 2.30. The minimum absolute atomic E-state index is 0.0723. The Morgan fingerprint density at radius 3 is 2.72 bits per heavy atom. The van der Waals surface area contributed by atoms with Crippen LogP contribution in [-0.2, 0) is 12.0 Å². The number of hydrogen-bond donors (Lipinski definition) is 2. The van der Waals surface area contributed by atoms with E-state index in [1.54, 1.807) is 44.2 Å². The predicted octanol–water partition coefficient (Wildman–Crippen LogP) is 5.39. The molecule has 2 heterocycles. The number of aryl methyl sites for hydroxylation is 1. The summed E-state index contributed by atoms with van der Waals surface area (Å²) >= 11 is 0. The molecule has 0 amide bonds. The minimum Gasteiger partial charge on any atom is -0.493 e. The van der Waals surface area contributed by atoms with Crippen LogP contribution in [0.5, 0.6) is 11.5 Å². The quantitative estimate of drug-likeness (QED) is 0.366. The number of nitrogens with one attached hydrogen (secondary N) is 1. The summed E-state index contributed by atoms with van der Waals surface area (Å²) in [6.45, 7) is 3.36. The standard InChI is InChI=1S/C28H30F2N2O4/c1-17-14-19(4-6-21(17)30)27-26-20(9-12-31-26)16-25(32-27)28(2,34)10-8-22(33)18-5-7-23(36-13-11-29)24(15-18)35-3/h4-7,14-16,31,34H,8-13H2,1-3H3. The van der Waals surface area contributed by atoms with E-state index in [4.69, 9.17) is 14.5 Å². The van der Waals surface area contributed by atoms with Gasteiger partial charge in [-0.05, 0) is 80.3 Å². The van der Waals surface area contributed by atoms with Crippen LogP contribution in [0.3, 0.4) is 0 Å². The van der Waals surface area contributed by atoms with Crippen molar-refractivity contribution in [2.24, 2.45) is 0 Å². The Balaban J connectivity index is 1.56. The van der Waals surface area contributed by atoms with Gasteiger partial charge in [-0.25, -0.2) is 13.8 Å². The number of rotatable bonds is 10. The fourth-order valence-electron chi connectivity index (χ4n) is 4.33. The smallest absolute Gasteiger partial charge is 0.163 e.